The lowest BCUT2D eigenvalue weighted by molar-refractivity contribution is 0.147. The fourth-order valence-corrected chi connectivity index (χ4v) is 2.21. The van der Waals surface area contributed by atoms with Crippen LogP contribution in [0.2, 0.25) is 0 Å². The lowest BCUT2D eigenvalue weighted by atomic mass is 10.00. The van der Waals surface area contributed by atoms with Crippen molar-refractivity contribution < 1.29 is 4.74 Å². The summed E-state index contributed by atoms with van der Waals surface area (Å²) in [4.78, 5) is 6.72. The van der Waals surface area contributed by atoms with Crippen molar-refractivity contribution in [3.63, 3.8) is 0 Å². The summed E-state index contributed by atoms with van der Waals surface area (Å²) in [6.07, 6.45) is 2.56. The van der Waals surface area contributed by atoms with Gasteiger partial charge in [0.15, 0.2) is 0 Å². The highest BCUT2D eigenvalue weighted by Gasteiger charge is 2.17. The molecule has 3 heteroatoms. The molecule has 16 heavy (non-hydrogen) atoms. The van der Waals surface area contributed by atoms with Crippen LogP contribution in [0.3, 0.4) is 0 Å². The van der Waals surface area contributed by atoms with Gasteiger partial charge in [0.05, 0.1) is 6.61 Å². The molecule has 2 heterocycles. The molecular weight excluding hydrogens is 200 g/mol. The molecule has 0 saturated carbocycles. The summed E-state index contributed by atoms with van der Waals surface area (Å²) in [5.74, 6) is 1.41. The number of rotatable bonds is 3. The van der Waals surface area contributed by atoms with Gasteiger partial charge in [-0.1, -0.05) is 6.07 Å². The molecule has 1 unspecified atom stereocenters. The number of hydrogen-bond acceptors (Lipinski definition) is 3. The van der Waals surface area contributed by atoms with E-state index in [1.54, 1.807) is 0 Å². The van der Waals surface area contributed by atoms with Gasteiger partial charge in [-0.2, -0.15) is 0 Å². The zero-order valence-corrected chi connectivity index (χ0v) is 10.1. The lowest BCUT2D eigenvalue weighted by Crippen LogP contribution is -2.34. The van der Waals surface area contributed by atoms with E-state index in [2.05, 4.69) is 16.9 Å². The van der Waals surface area contributed by atoms with Gasteiger partial charge in [-0.05, 0) is 39.4 Å². The number of nitrogens with zero attached hydrogens (tertiary/aromatic N) is 2. The first-order valence-corrected chi connectivity index (χ1v) is 5.99. The zero-order chi connectivity index (χ0) is 11.4. The van der Waals surface area contributed by atoms with E-state index in [-0.39, 0.29) is 0 Å². The maximum absolute atomic E-state index is 5.74. The van der Waals surface area contributed by atoms with E-state index in [9.17, 15) is 0 Å². The van der Waals surface area contributed by atoms with Gasteiger partial charge >= 0.3 is 0 Å². The van der Waals surface area contributed by atoms with E-state index >= 15 is 0 Å². The van der Waals surface area contributed by atoms with Gasteiger partial charge in [0, 0.05) is 24.2 Å². The molecule has 1 saturated heterocycles. The van der Waals surface area contributed by atoms with Crippen molar-refractivity contribution in [2.75, 3.05) is 26.7 Å². The Hall–Kier alpha value is -1.09. The highest BCUT2D eigenvalue weighted by molar-refractivity contribution is 5.14. The molecule has 1 aromatic rings. The van der Waals surface area contributed by atoms with E-state index in [4.69, 9.17) is 4.74 Å². The second-order valence-electron chi connectivity index (χ2n) is 4.70. The van der Waals surface area contributed by atoms with Gasteiger partial charge in [0.25, 0.3) is 0 Å². The number of aryl methyl sites for hydroxylation is 1. The number of pyridine rings is 1. The van der Waals surface area contributed by atoms with E-state index < -0.39 is 0 Å². The van der Waals surface area contributed by atoms with Crippen molar-refractivity contribution in [1.29, 1.82) is 0 Å². The van der Waals surface area contributed by atoms with Crippen molar-refractivity contribution in [3.8, 4) is 5.88 Å². The summed E-state index contributed by atoms with van der Waals surface area (Å²) in [5.41, 5.74) is 1.01. The molecule has 1 aliphatic rings. The van der Waals surface area contributed by atoms with Crippen molar-refractivity contribution >= 4 is 0 Å². The lowest BCUT2D eigenvalue weighted by Gasteiger charge is -2.29. The first kappa shape index (κ1) is 11.4. The average Bonchev–Trinajstić information content (AvgIpc) is 2.27. The van der Waals surface area contributed by atoms with E-state index in [0.717, 1.165) is 24.7 Å². The molecule has 2 rings (SSSR count). The quantitative estimate of drug-likeness (QED) is 0.780. The molecule has 88 valence electrons. The summed E-state index contributed by atoms with van der Waals surface area (Å²) in [5, 5.41) is 0. The standard InChI is InChI=1S/C13H20N2O/c1-11-5-3-7-13(14-11)16-10-12-6-4-8-15(2)9-12/h3,5,7,12H,4,6,8-10H2,1-2H3. The highest BCUT2D eigenvalue weighted by Crippen LogP contribution is 2.16. The summed E-state index contributed by atoms with van der Waals surface area (Å²) in [7, 11) is 2.18. The van der Waals surface area contributed by atoms with Gasteiger partial charge in [0.1, 0.15) is 0 Å². The third kappa shape index (κ3) is 3.20. The Morgan fingerprint density at radius 1 is 1.50 bits per heavy atom. The van der Waals surface area contributed by atoms with Crippen LogP contribution in [0.25, 0.3) is 0 Å². The maximum Gasteiger partial charge on any atom is 0.213 e. The summed E-state index contributed by atoms with van der Waals surface area (Å²) >= 11 is 0. The Bertz CT molecular complexity index is 340. The van der Waals surface area contributed by atoms with E-state index in [1.165, 1.54) is 19.4 Å². The van der Waals surface area contributed by atoms with Crippen LogP contribution in [0.1, 0.15) is 18.5 Å². The average molecular weight is 220 g/mol. The van der Waals surface area contributed by atoms with E-state index in [0.29, 0.717) is 5.92 Å². The minimum atomic E-state index is 0.654. The predicted molar refractivity (Wildman–Crippen MR) is 64.7 cm³/mol. The van der Waals surface area contributed by atoms with Crippen LogP contribution in [-0.2, 0) is 0 Å². The SMILES string of the molecule is Cc1cccc(OCC2CCCN(C)C2)n1. The molecule has 0 N–H and O–H groups in total. The number of aromatic nitrogens is 1. The summed E-state index contributed by atoms with van der Waals surface area (Å²) in [6, 6.07) is 5.91. The van der Waals surface area contributed by atoms with Crippen LogP contribution < -0.4 is 4.74 Å². The van der Waals surface area contributed by atoms with Crippen molar-refractivity contribution in [2.45, 2.75) is 19.8 Å². The van der Waals surface area contributed by atoms with Gasteiger partial charge < -0.3 is 9.64 Å². The van der Waals surface area contributed by atoms with Crippen molar-refractivity contribution in [2.24, 2.45) is 5.92 Å². The molecule has 1 fully saturated rings. The van der Waals surface area contributed by atoms with Crippen molar-refractivity contribution in [1.82, 2.24) is 9.88 Å². The molecule has 0 aliphatic carbocycles. The summed E-state index contributed by atoms with van der Waals surface area (Å²) < 4.78 is 5.74. The normalized spacial score (nSPS) is 22.0. The van der Waals surface area contributed by atoms with Gasteiger partial charge in [-0.3, -0.25) is 0 Å². The smallest absolute Gasteiger partial charge is 0.213 e. The van der Waals surface area contributed by atoms with Crippen LogP contribution >= 0.6 is 0 Å². The molecule has 1 aliphatic heterocycles. The van der Waals surface area contributed by atoms with Crippen LogP contribution in [-0.4, -0.2) is 36.6 Å². The molecule has 0 aromatic carbocycles. The Kier molecular flexibility index (Phi) is 3.78. The Balaban J connectivity index is 1.82. The van der Waals surface area contributed by atoms with Gasteiger partial charge in [-0.25, -0.2) is 4.98 Å². The Morgan fingerprint density at radius 2 is 2.38 bits per heavy atom. The largest absolute Gasteiger partial charge is 0.477 e. The number of likely N-dealkylation sites (tertiary alicyclic amines) is 1. The topological polar surface area (TPSA) is 25.4 Å². The molecule has 1 atom stereocenters. The first-order valence-electron chi connectivity index (χ1n) is 5.99. The van der Waals surface area contributed by atoms with Crippen LogP contribution in [0.5, 0.6) is 5.88 Å². The Morgan fingerprint density at radius 3 is 3.12 bits per heavy atom. The van der Waals surface area contributed by atoms with Crippen LogP contribution in [0, 0.1) is 12.8 Å². The first-order chi connectivity index (χ1) is 7.74. The summed E-state index contributed by atoms with van der Waals surface area (Å²) in [6.45, 7) is 5.15. The van der Waals surface area contributed by atoms with Gasteiger partial charge in [0.2, 0.25) is 5.88 Å². The number of piperidine rings is 1. The second-order valence-corrected chi connectivity index (χ2v) is 4.70. The minimum absolute atomic E-state index is 0.654. The second kappa shape index (κ2) is 5.30. The molecule has 0 spiro atoms. The molecular formula is C13H20N2O. The fourth-order valence-electron chi connectivity index (χ4n) is 2.21. The van der Waals surface area contributed by atoms with Crippen LogP contribution in [0.15, 0.2) is 18.2 Å². The molecule has 0 amide bonds. The molecule has 0 bridgehead atoms. The zero-order valence-electron chi connectivity index (χ0n) is 10.1. The third-order valence-electron chi connectivity index (χ3n) is 3.05. The molecule has 0 radical (unpaired) electrons. The number of hydrogen-bond donors (Lipinski definition) is 0. The maximum atomic E-state index is 5.74. The minimum Gasteiger partial charge on any atom is -0.477 e. The van der Waals surface area contributed by atoms with Crippen LogP contribution in [0.4, 0.5) is 0 Å². The predicted octanol–water partition coefficient (Wildman–Crippen LogP) is 2.11. The fraction of sp³-hybridized carbons (Fsp3) is 0.615. The molecule has 3 nitrogen and oxygen atoms in total. The van der Waals surface area contributed by atoms with E-state index in [1.807, 2.05) is 25.1 Å². The monoisotopic (exact) mass is 220 g/mol. The Labute approximate surface area is 97.4 Å². The molecule has 1 aromatic heterocycles. The number of ether oxygens (including phenoxy) is 1. The van der Waals surface area contributed by atoms with Gasteiger partial charge in [-0.15, -0.1) is 0 Å². The highest BCUT2D eigenvalue weighted by atomic mass is 16.5. The van der Waals surface area contributed by atoms with Crippen molar-refractivity contribution in [3.05, 3.63) is 23.9 Å². The third-order valence-corrected chi connectivity index (χ3v) is 3.05.